The second-order valence-corrected chi connectivity index (χ2v) is 13.5. The first-order valence-corrected chi connectivity index (χ1v) is 14.0. The Morgan fingerprint density at radius 2 is 1.29 bits per heavy atom. The number of carboxylic acid groups (broad SMARTS) is 1. The first-order valence-electron chi connectivity index (χ1n) is 14.0. The summed E-state index contributed by atoms with van der Waals surface area (Å²) < 4.78 is 6.41. The van der Waals surface area contributed by atoms with E-state index in [1.165, 1.54) is 38.5 Å². The molecule has 8 aliphatic carbocycles. The Balaban J connectivity index is 1.16. The van der Waals surface area contributed by atoms with Crippen LogP contribution in [0.1, 0.15) is 58.8 Å². The van der Waals surface area contributed by atoms with Crippen LogP contribution in [0.5, 0.6) is 0 Å². The van der Waals surface area contributed by atoms with Gasteiger partial charge in [-0.3, -0.25) is 14.4 Å². The van der Waals surface area contributed by atoms with E-state index in [1.54, 1.807) is 0 Å². The van der Waals surface area contributed by atoms with Crippen molar-refractivity contribution < 1.29 is 24.2 Å². The van der Waals surface area contributed by atoms with Crippen LogP contribution in [0.2, 0.25) is 0 Å². The molecule has 0 spiro atoms. The summed E-state index contributed by atoms with van der Waals surface area (Å²) in [5.41, 5.74) is 0. The van der Waals surface area contributed by atoms with Gasteiger partial charge in [-0.15, -0.1) is 0 Å². The number of carboxylic acids is 1. The van der Waals surface area contributed by atoms with Crippen LogP contribution < -0.4 is 5.32 Å². The number of fused-ring (bicyclic) bond motifs is 9. The Kier molecular flexibility index (Phi) is 4.75. The Morgan fingerprint density at radius 3 is 1.85 bits per heavy atom. The molecule has 10 atom stereocenters. The number of carbonyl (C=O) groups excluding carboxylic acids is 2. The topological polar surface area (TPSA) is 92.7 Å². The molecule has 8 fully saturated rings. The summed E-state index contributed by atoms with van der Waals surface area (Å²) in [7, 11) is 0. The highest BCUT2D eigenvalue weighted by molar-refractivity contribution is 5.89. The van der Waals surface area contributed by atoms with Gasteiger partial charge in [-0.1, -0.05) is 13.8 Å². The highest BCUT2D eigenvalue weighted by atomic mass is 16.5. The lowest BCUT2D eigenvalue weighted by Crippen LogP contribution is -2.53. The van der Waals surface area contributed by atoms with E-state index < -0.39 is 11.9 Å². The molecule has 10 unspecified atom stereocenters. The Morgan fingerprint density at radius 1 is 0.765 bits per heavy atom. The quantitative estimate of drug-likeness (QED) is 0.474. The zero-order chi connectivity index (χ0) is 23.5. The number of hydrogen-bond acceptors (Lipinski definition) is 4. The van der Waals surface area contributed by atoms with Gasteiger partial charge in [0.25, 0.3) is 0 Å². The lowest BCUT2D eigenvalue weighted by atomic mass is 9.55. The van der Waals surface area contributed by atoms with Crippen LogP contribution in [0, 0.1) is 82.9 Å². The van der Waals surface area contributed by atoms with Crippen molar-refractivity contribution in [2.24, 2.45) is 82.9 Å². The molecule has 0 radical (unpaired) electrons. The predicted molar refractivity (Wildman–Crippen MR) is 123 cm³/mol. The molecule has 0 heterocycles. The number of hydrogen-bond donors (Lipinski definition) is 2. The average Bonchev–Trinajstić information content (AvgIpc) is 3.52. The minimum absolute atomic E-state index is 0.0388. The van der Waals surface area contributed by atoms with Crippen LogP contribution in [0.3, 0.4) is 0 Å². The molecule has 186 valence electrons. The first-order chi connectivity index (χ1) is 16.3. The molecule has 0 aromatic carbocycles. The third-order valence-electron chi connectivity index (χ3n) is 12.4. The number of amides is 1. The van der Waals surface area contributed by atoms with Gasteiger partial charge in [-0.2, -0.15) is 0 Å². The second-order valence-electron chi connectivity index (χ2n) is 13.5. The van der Waals surface area contributed by atoms with Gasteiger partial charge < -0.3 is 15.2 Å². The van der Waals surface area contributed by atoms with Crippen LogP contribution in [-0.2, 0) is 19.1 Å². The van der Waals surface area contributed by atoms with Crippen molar-refractivity contribution in [3.63, 3.8) is 0 Å². The molecule has 0 saturated heterocycles. The lowest BCUT2D eigenvalue weighted by molar-refractivity contribution is -0.182. The van der Waals surface area contributed by atoms with Gasteiger partial charge in [-0.05, 0) is 116 Å². The zero-order valence-corrected chi connectivity index (χ0v) is 20.4. The predicted octanol–water partition coefficient (Wildman–Crippen LogP) is 3.59. The monoisotopic (exact) mass is 469 g/mol. The maximum atomic E-state index is 13.9. The minimum atomic E-state index is -1.04. The molecule has 0 aliphatic heterocycles. The maximum Gasteiger partial charge on any atom is 0.322 e. The zero-order valence-electron chi connectivity index (χ0n) is 20.4. The van der Waals surface area contributed by atoms with Crippen LogP contribution in [0.15, 0.2) is 0 Å². The molecule has 8 aliphatic rings. The smallest absolute Gasteiger partial charge is 0.322 e. The van der Waals surface area contributed by atoms with Gasteiger partial charge in [0, 0.05) is 0 Å². The molecule has 1 amide bonds. The first kappa shape index (κ1) is 21.7. The van der Waals surface area contributed by atoms with Crippen LogP contribution in [0.4, 0.5) is 0 Å². The van der Waals surface area contributed by atoms with E-state index in [4.69, 9.17) is 9.84 Å². The van der Waals surface area contributed by atoms with Crippen LogP contribution >= 0.6 is 0 Å². The van der Waals surface area contributed by atoms with E-state index in [9.17, 15) is 14.4 Å². The number of ether oxygens (including phenoxy) is 1. The molecule has 8 rings (SSSR count). The van der Waals surface area contributed by atoms with Crippen molar-refractivity contribution in [2.45, 2.75) is 64.9 Å². The average molecular weight is 470 g/mol. The Labute approximate surface area is 201 Å². The highest BCUT2D eigenvalue weighted by Crippen LogP contribution is 2.73. The standard InChI is InChI=1S/C28H39NO5/c1-11-12(2)18-8-17(11)22-19-9-20(23(18)22)25(24(19)27(32)29-10-21(30)31)28(33)34-26-15-4-13-3-14(6-15)7-16(26)5-13/h11-20,22-26H,3-10H2,1-2H3,(H,29,32)(H,30,31). The van der Waals surface area contributed by atoms with Crippen LogP contribution in [-0.4, -0.2) is 35.6 Å². The van der Waals surface area contributed by atoms with Gasteiger partial charge in [0.15, 0.2) is 0 Å². The molecule has 8 bridgehead atoms. The van der Waals surface area contributed by atoms with Gasteiger partial charge in [0.1, 0.15) is 12.6 Å². The van der Waals surface area contributed by atoms with Crippen molar-refractivity contribution in [1.82, 2.24) is 5.32 Å². The van der Waals surface area contributed by atoms with Crippen molar-refractivity contribution in [1.29, 1.82) is 0 Å². The summed E-state index contributed by atoms with van der Waals surface area (Å²) in [5, 5.41) is 11.8. The fourth-order valence-corrected chi connectivity index (χ4v) is 11.5. The minimum Gasteiger partial charge on any atom is -0.480 e. The lowest BCUT2D eigenvalue weighted by Gasteiger charge is -2.54. The summed E-state index contributed by atoms with van der Waals surface area (Å²) in [6.07, 6.45) is 8.40. The van der Waals surface area contributed by atoms with Crippen LogP contribution in [0.25, 0.3) is 0 Å². The number of carbonyl (C=O) groups is 3. The molecule has 0 aromatic rings. The Hall–Kier alpha value is -1.59. The number of aliphatic carboxylic acids is 1. The van der Waals surface area contributed by atoms with Crippen molar-refractivity contribution in [2.75, 3.05) is 6.54 Å². The molecule has 34 heavy (non-hydrogen) atoms. The summed E-state index contributed by atoms with van der Waals surface area (Å²) in [6, 6.07) is 0. The fourth-order valence-electron chi connectivity index (χ4n) is 11.5. The number of esters is 1. The van der Waals surface area contributed by atoms with Crippen molar-refractivity contribution >= 4 is 17.8 Å². The van der Waals surface area contributed by atoms with E-state index in [0.717, 1.165) is 18.3 Å². The summed E-state index contributed by atoms with van der Waals surface area (Å²) >= 11 is 0. The molecule has 6 nitrogen and oxygen atoms in total. The summed E-state index contributed by atoms with van der Waals surface area (Å²) in [6.45, 7) is 4.38. The fraction of sp³-hybridized carbons (Fsp3) is 0.893. The molecule has 2 N–H and O–H groups in total. The number of nitrogens with one attached hydrogen (secondary N) is 1. The van der Waals surface area contributed by atoms with Crippen molar-refractivity contribution in [3.8, 4) is 0 Å². The second kappa shape index (κ2) is 7.46. The SMILES string of the molecule is CC1C(C)C2CC1C1C3CC(C(C(=O)OC4C5CC6CC(C5)CC4C6)C3C(=O)NCC(=O)O)C21. The van der Waals surface area contributed by atoms with Gasteiger partial charge in [-0.25, -0.2) is 0 Å². The summed E-state index contributed by atoms with van der Waals surface area (Å²) in [4.78, 5) is 38.4. The molecular formula is C28H39NO5. The largest absolute Gasteiger partial charge is 0.480 e. The molecular weight excluding hydrogens is 430 g/mol. The van der Waals surface area contributed by atoms with E-state index in [0.29, 0.717) is 47.3 Å². The van der Waals surface area contributed by atoms with Gasteiger partial charge >= 0.3 is 11.9 Å². The molecule has 8 saturated carbocycles. The summed E-state index contributed by atoms with van der Waals surface area (Å²) in [5.74, 6) is 4.62. The molecule has 0 aromatic heterocycles. The molecule has 6 heteroatoms. The third-order valence-corrected chi connectivity index (χ3v) is 12.4. The number of rotatable bonds is 5. The van der Waals surface area contributed by atoms with E-state index in [2.05, 4.69) is 19.2 Å². The third kappa shape index (κ3) is 2.89. The van der Waals surface area contributed by atoms with E-state index in [1.807, 2.05) is 0 Å². The van der Waals surface area contributed by atoms with E-state index >= 15 is 0 Å². The van der Waals surface area contributed by atoms with E-state index in [-0.39, 0.29) is 42.3 Å². The normalized spacial score (nSPS) is 55.4. The maximum absolute atomic E-state index is 13.9. The van der Waals surface area contributed by atoms with Gasteiger partial charge in [0.05, 0.1) is 11.8 Å². The Bertz CT molecular complexity index is 888. The highest BCUT2D eigenvalue weighted by Gasteiger charge is 2.71. The van der Waals surface area contributed by atoms with Gasteiger partial charge in [0.2, 0.25) is 5.91 Å². The van der Waals surface area contributed by atoms with Crippen molar-refractivity contribution in [3.05, 3.63) is 0 Å².